The molecule has 3 heterocycles. The van der Waals surface area contributed by atoms with Crippen molar-refractivity contribution in [2.24, 2.45) is 4.99 Å². The number of ether oxygens (including phenoxy) is 2. The molecular weight excluding hydrogens is 931 g/mol. The van der Waals surface area contributed by atoms with Crippen LogP contribution in [0.15, 0.2) is 99.4 Å². The van der Waals surface area contributed by atoms with Crippen molar-refractivity contribution in [1.29, 1.82) is 0 Å². The fourth-order valence-corrected chi connectivity index (χ4v) is 9.98. The normalized spacial score (nSPS) is 21.1. The Hall–Kier alpha value is -4.87. The average molecular weight is 990 g/mol. The molecule has 0 radical (unpaired) electrons. The molecule has 18 nitrogen and oxygen atoms in total. The van der Waals surface area contributed by atoms with Gasteiger partial charge in [-0.15, -0.1) is 5.06 Å². The van der Waals surface area contributed by atoms with E-state index in [1.165, 1.54) is 30.3 Å². The van der Waals surface area contributed by atoms with E-state index >= 15 is 0 Å². The Morgan fingerprint density at radius 2 is 1.39 bits per heavy atom. The van der Waals surface area contributed by atoms with E-state index in [1.807, 2.05) is 46.8 Å². The minimum Gasteiger partial charge on any atom is -0.385 e. The third kappa shape index (κ3) is 12.8. The summed E-state index contributed by atoms with van der Waals surface area (Å²) >= 11 is 0. The number of aliphatic imine (C=N–C) groups is 1. The molecule has 1 saturated heterocycles. The maximum atomic E-state index is 12.5. The summed E-state index contributed by atoms with van der Waals surface area (Å²) in [5, 5.41) is 0.513. The number of benzene rings is 2. The zero-order valence-electron chi connectivity index (χ0n) is 38.6. The van der Waals surface area contributed by atoms with Crippen LogP contribution in [-0.2, 0) is 69.9 Å². The first-order valence-corrected chi connectivity index (χ1v) is 26.0. The highest BCUT2D eigenvalue weighted by Gasteiger charge is 2.48. The Bertz CT molecular complexity index is 2740. The quantitative estimate of drug-likeness (QED) is 0.0615. The van der Waals surface area contributed by atoms with E-state index in [0.717, 1.165) is 5.70 Å². The summed E-state index contributed by atoms with van der Waals surface area (Å²) in [7, 11) is -11.8. The third-order valence-electron chi connectivity index (χ3n) is 12.4. The molecular formula is C46H59N3O15S3. The minimum atomic E-state index is -4.56. The number of carbonyl (C=O) groups excluding carboxylic acids is 3. The summed E-state index contributed by atoms with van der Waals surface area (Å²) in [4.78, 5) is 47.5. The third-order valence-corrected chi connectivity index (χ3v) is 14.9. The lowest BCUT2D eigenvalue weighted by atomic mass is 9.76. The fraction of sp³-hybridized carbons (Fsp3) is 0.478. The number of hydrogen-bond donors (Lipinski definition) is 3. The summed E-state index contributed by atoms with van der Waals surface area (Å²) in [6, 6.07) is 8.50. The van der Waals surface area contributed by atoms with Crippen LogP contribution in [0.3, 0.4) is 0 Å². The number of amides is 2. The van der Waals surface area contributed by atoms with Gasteiger partial charge in [-0.3, -0.25) is 28.2 Å². The van der Waals surface area contributed by atoms with Crippen molar-refractivity contribution in [2.75, 3.05) is 31.0 Å². The number of fused-ring (bicyclic) bond motifs is 2. The highest BCUT2D eigenvalue weighted by molar-refractivity contribution is 7.86. The van der Waals surface area contributed by atoms with Crippen LogP contribution in [0.5, 0.6) is 0 Å². The monoisotopic (exact) mass is 989 g/mol. The van der Waals surface area contributed by atoms with Crippen LogP contribution in [0.1, 0.15) is 104 Å². The van der Waals surface area contributed by atoms with Crippen LogP contribution < -0.4 is 4.90 Å². The number of hydroxylamine groups is 2. The van der Waals surface area contributed by atoms with Crippen molar-refractivity contribution in [1.82, 2.24) is 5.06 Å². The molecule has 0 aromatic heterocycles. The number of hydrogen-bond acceptors (Lipinski definition) is 14. The summed E-state index contributed by atoms with van der Waals surface area (Å²) < 4.78 is 113. The molecule has 3 aliphatic heterocycles. The SMILES string of the molecule is COCCC1(C)\C(=C/C=C/C=C/C=C/C2=Nc3ccc(S(=O)(=O)O)cc3C2(C)CCCS(=O)(=O)O)N(C(C)(C)CCOC(C)(C)CCC(=O)ON2C(=O)CCC2=O)c2ccc(S(=O)(=O)O)cc21. The van der Waals surface area contributed by atoms with Crippen molar-refractivity contribution in [3.05, 3.63) is 95.8 Å². The highest BCUT2D eigenvalue weighted by Crippen LogP contribution is 2.54. The van der Waals surface area contributed by atoms with Crippen molar-refractivity contribution in [3.8, 4) is 0 Å². The summed E-state index contributed by atoms with van der Waals surface area (Å²) in [5.41, 5.74) is 0.324. The lowest BCUT2D eigenvalue weighted by molar-refractivity contribution is -0.198. The maximum Gasteiger partial charge on any atom is 0.333 e. The second-order valence-electron chi connectivity index (χ2n) is 18.3. The van der Waals surface area contributed by atoms with Crippen LogP contribution >= 0.6 is 0 Å². The standard InChI is InChI=1S/C46H59N3O15S3/c1-43(2,25-28-63-44(3,4)24-22-42(52)64-49-40(50)20-21-41(49)51)48-37-19-17-33(67(59,60)61)31-35(37)46(6,26-27-62-7)39(48)15-12-10-8-9-11-14-38-45(5,23-13-29-65(53,54)55)34-30-32(66(56,57)58)16-18-36(34)47-38/h8-12,14-19,30-31H,13,20-29H2,1-7H3,(H,53,54,55)(H,56,57,58)(H,59,60,61)/b9-8+,12-10+,14-11+,39-15+. The Kier molecular flexibility index (Phi) is 16.2. The van der Waals surface area contributed by atoms with Crippen molar-refractivity contribution < 1.29 is 67.6 Å². The second-order valence-corrected chi connectivity index (χ2v) is 22.7. The van der Waals surface area contributed by atoms with Gasteiger partial charge in [0.25, 0.3) is 42.2 Å². The smallest absolute Gasteiger partial charge is 0.333 e. The molecule has 3 aliphatic rings. The number of allylic oxidation sites excluding steroid dienone is 8. The van der Waals surface area contributed by atoms with E-state index in [9.17, 15) is 53.3 Å². The molecule has 2 aromatic carbocycles. The predicted molar refractivity (Wildman–Crippen MR) is 250 cm³/mol. The maximum absolute atomic E-state index is 12.5. The molecule has 0 bridgehead atoms. The molecule has 1 fully saturated rings. The molecule has 67 heavy (non-hydrogen) atoms. The molecule has 21 heteroatoms. The van der Waals surface area contributed by atoms with Crippen molar-refractivity contribution >= 4 is 65.2 Å². The van der Waals surface area contributed by atoms with Crippen molar-refractivity contribution in [3.63, 3.8) is 0 Å². The largest absolute Gasteiger partial charge is 0.385 e. The summed E-state index contributed by atoms with van der Waals surface area (Å²) in [5.74, 6) is -2.37. The number of rotatable bonds is 22. The number of methoxy groups -OCH3 is 1. The Morgan fingerprint density at radius 1 is 0.791 bits per heavy atom. The summed E-state index contributed by atoms with van der Waals surface area (Å²) in [6.07, 6.45) is 13.7. The molecule has 2 amide bonds. The van der Waals surface area contributed by atoms with Crippen LogP contribution in [0.4, 0.5) is 11.4 Å². The molecule has 2 atom stereocenters. The lowest BCUT2D eigenvalue weighted by Gasteiger charge is -2.42. The Labute approximate surface area is 392 Å². The van der Waals surface area contributed by atoms with Gasteiger partial charge in [-0.05, 0) is 133 Å². The van der Waals surface area contributed by atoms with Gasteiger partial charge < -0.3 is 19.2 Å². The first-order valence-electron chi connectivity index (χ1n) is 21.5. The van der Waals surface area contributed by atoms with Gasteiger partial charge in [-0.25, -0.2) is 4.79 Å². The van der Waals surface area contributed by atoms with E-state index in [0.29, 0.717) is 52.7 Å². The molecule has 2 aromatic rings. The second kappa shape index (κ2) is 20.4. The van der Waals surface area contributed by atoms with E-state index in [-0.39, 0.29) is 54.9 Å². The zero-order chi connectivity index (χ0) is 49.8. The van der Waals surface area contributed by atoms with E-state index in [2.05, 4.69) is 9.89 Å². The van der Waals surface area contributed by atoms with Crippen LogP contribution in [0.2, 0.25) is 0 Å². The van der Waals surface area contributed by atoms with Gasteiger partial charge in [0.1, 0.15) is 0 Å². The van der Waals surface area contributed by atoms with Gasteiger partial charge in [0, 0.05) is 60.9 Å². The summed E-state index contributed by atoms with van der Waals surface area (Å²) in [6.45, 7) is 12.0. The van der Waals surface area contributed by atoms with E-state index < -0.39 is 75.9 Å². The fourth-order valence-electron chi connectivity index (χ4n) is 8.46. The number of anilines is 1. The molecule has 0 spiro atoms. The van der Waals surface area contributed by atoms with Gasteiger partial charge in [0.05, 0.1) is 39.0 Å². The molecule has 0 aliphatic carbocycles. The predicted octanol–water partition coefficient (Wildman–Crippen LogP) is 6.91. The van der Waals surface area contributed by atoms with Gasteiger partial charge in [-0.1, -0.05) is 30.4 Å². The van der Waals surface area contributed by atoms with Crippen LogP contribution in [0, 0.1) is 0 Å². The molecule has 0 saturated carbocycles. The lowest BCUT2D eigenvalue weighted by Crippen LogP contribution is -2.45. The van der Waals surface area contributed by atoms with Crippen LogP contribution in [0.25, 0.3) is 0 Å². The highest BCUT2D eigenvalue weighted by atomic mass is 32.2. The molecule has 5 rings (SSSR count). The molecule has 2 unspecified atom stereocenters. The number of nitrogens with zero attached hydrogens (tertiary/aromatic N) is 3. The van der Waals surface area contributed by atoms with Gasteiger partial charge >= 0.3 is 5.97 Å². The number of carbonyl (C=O) groups is 3. The van der Waals surface area contributed by atoms with Crippen molar-refractivity contribution in [2.45, 2.75) is 125 Å². The topological polar surface area (TPSA) is 261 Å². The number of imide groups is 1. The Balaban J connectivity index is 1.39. The van der Waals surface area contributed by atoms with E-state index in [1.54, 1.807) is 50.5 Å². The molecule has 366 valence electrons. The Morgan fingerprint density at radius 3 is 2.00 bits per heavy atom. The van der Waals surface area contributed by atoms with Crippen LogP contribution in [-0.4, -0.2) is 105 Å². The minimum absolute atomic E-state index is 0.00990. The first-order chi connectivity index (χ1) is 31.0. The van der Waals surface area contributed by atoms with Gasteiger partial charge in [0.15, 0.2) is 0 Å². The van der Waals surface area contributed by atoms with Gasteiger partial charge in [-0.2, -0.15) is 25.3 Å². The van der Waals surface area contributed by atoms with Gasteiger partial charge in [0.2, 0.25) is 0 Å². The average Bonchev–Trinajstić information content (AvgIpc) is 3.78. The zero-order valence-corrected chi connectivity index (χ0v) is 41.0. The van der Waals surface area contributed by atoms with E-state index in [4.69, 9.17) is 14.3 Å². The first kappa shape index (κ1) is 53.1. The molecule has 3 N–H and O–H groups in total.